The molecule has 0 aliphatic carbocycles. The zero-order valence-electron chi connectivity index (χ0n) is 21.3. The molecule has 0 saturated heterocycles. The van der Waals surface area contributed by atoms with Crippen LogP contribution in [0.25, 0.3) is 5.69 Å². The Bertz CT molecular complexity index is 1670. The molecule has 0 saturated carbocycles. The molecule has 0 aliphatic rings. The highest BCUT2D eigenvalue weighted by molar-refractivity contribution is 7.92. The predicted octanol–water partition coefficient (Wildman–Crippen LogP) is 6.71. The Morgan fingerprint density at radius 3 is 2.36 bits per heavy atom. The zero-order valence-corrected chi connectivity index (χ0v) is 24.4. The average Bonchev–Trinajstić information content (AvgIpc) is 3.19. The number of aryl methyl sites for hydroxylation is 2. The number of carbonyl (C=O) groups is 1. The summed E-state index contributed by atoms with van der Waals surface area (Å²) in [7, 11) is -4.07. The Hall–Kier alpha value is -3.30. The van der Waals surface area contributed by atoms with Gasteiger partial charge in [-0.3, -0.25) is 9.10 Å². The summed E-state index contributed by atoms with van der Waals surface area (Å²) in [5.74, 6) is -0.630. The first kappa shape index (κ1) is 28.7. The molecule has 0 radical (unpaired) electrons. The van der Waals surface area contributed by atoms with E-state index in [4.69, 9.17) is 34.8 Å². The molecule has 7 nitrogen and oxygen atoms in total. The number of amides is 1. The second-order valence-electron chi connectivity index (χ2n) is 8.79. The van der Waals surface area contributed by atoms with Gasteiger partial charge in [0.05, 0.1) is 32.5 Å². The van der Waals surface area contributed by atoms with Crippen molar-refractivity contribution in [2.75, 3.05) is 10.8 Å². The molecule has 39 heavy (non-hydrogen) atoms. The van der Waals surface area contributed by atoms with Crippen LogP contribution < -0.4 is 9.73 Å². The maximum atomic E-state index is 13.5. The van der Waals surface area contributed by atoms with Crippen molar-refractivity contribution in [2.45, 2.75) is 25.7 Å². The molecule has 1 N–H and O–H groups in total. The van der Waals surface area contributed by atoms with Gasteiger partial charge in [-0.25, -0.2) is 13.8 Å². The Kier molecular flexibility index (Phi) is 8.71. The fourth-order valence-electron chi connectivity index (χ4n) is 4.07. The lowest BCUT2D eigenvalue weighted by atomic mass is 10.2. The van der Waals surface area contributed by atoms with Crippen LogP contribution in [0, 0.1) is 20.8 Å². The number of carbonyl (C=O) groups excluding carboxylic acids is 1. The Balaban J connectivity index is 1.58. The minimum atomic E-state index is -4.07. The van der Waals surface area contributed by atoms with Crippen LogP contribution in [0.15, 0.2) is 82.8 Å². The van der Waals surface area contributed by atoms with E-state index in [-0.39, 0.29) is 10.6 Å². The van der Waals surface area contributed by atoms with Gasteiger partial charge in [0.2, 0.25) is 0 Å². The second kappa shape index (κ2) is 11.8. The summed E-state index contributed by atoms with van der Waals surface area (Å²) in [6.45, 7) is 5.11. The molecule has 0 fully saturated rings. The molecule has 3 aromatic carbocycles. The molecule has 0 spiro atoms. The standard InChI is InChI=1S/C28H25Cl3N4O3S/c1-18-12-13-22(15-25(18)30)34(39(37,38)23-8-5-4-6-9-23)17-27(36)33-32-16-21-14-19(2)35(20(21)3)26-11-7-10-24(29)28(26)31/h4-16H,17H2,1-3H3,(H,33,36)/b32-16+. The number of anilines is 1. The third-order valence-electron chi connectivity index (χ3n) is 6.10. The normalized spacial score (nSPS) is 11.6. The van der Waals surface area contributed by atoms with Gasteiger partial charge in [-0.1, -0.05) is 65.1 Å². The van der Waals surface area contributed by atoms with Gasteiger partial charge >= 0.3 is 0 Å². The quantitative estimate of drug-likeness (QED) is 0.180. The second-order valence-corrected chi connectivity index (χ2v) is 11.8. The number of hydrogen-bond donors (Lipinski definition) is 1. The predicted molar refractivity (Wildman–Crippen MR) is 158 cm³/mol. The number of nitrogens with one attached hydrogen (secondary N) is 1. The Morgan fingerprint density at radius 2 is 1.67 bits per heavy atom. The monoisotopic (exact) mass is 602 g/mol. The SMILES string of the molecule is Cc1ccc(N(CC(=O)N/N=C/c2cc(C)n(-c3cccc(Cl)c3Cl)c2C)S(=O)(=O)c2ccccc2)cc1Cl. The molecule has 4 rings (SSSR count). The number of sulfonamides is 1. The van der Waals surface area contributed by atoms with Crippen molar-refractivity contribution in [3.05, 3.63) is 110 Å². The molecule has 1 amide bonds. The molecule has 4 aromatic rings. The van der Waals surface area contributed by atoms with Gasteiger partial charge in [0.25, 0.3) is 15.9 Å². The van der Waals surface area contributed by atoms with E-state index < -0.39 is 22.5 Å². The van der Waals surface area contributed by atoms with Crippen LogP contribution in [0.3, 0.4) is 0 Å². The molecule has 202 valence electrons. The fraction of sp³-hybridized carbons (Fsp3) is 0.143. The third-order valence-corrected chi connectivity index (χ3v) is 9.10. The molecule has 1 aromatic heterocycles. The maximum Gasteiger partial charge on any atom is 0.264 e. The van der Waals surface area contributed by atoms with Crippen LogP contribution in [0.5, 0.6) is 0 Å². The van der Waals surface area contributed by atoms with E-state index in [1.807, 2.05) is 36.6 Å². The summed E-state index contributed by atoms with van der Waals surface area (Å²) >= 11 is 18.9. The minimum Gasteiger partial charge on any atom is -0.316 e. The van der Waals surface area contributed by atoms with Gasteiger partial charge in [-0.15, -0.1) is 0 Å². The molecular weight excluding hydrogens is 579 g/mol. The maximum absolute atomic E-state index is 13.5. The van der Waals surface area contributed by atoms with Gasteiger partial charge in [0, 0.05) is 22.0 Å². The summed E-state index contributed by atoms with van der Waals surface area (Å²) < 4.78 is 29.9. The largest absolute Gasteiger partial charge is 0.316 e. The first-order valence-corrected chi connectivity index (χ1v) is 14.4. The van der Waals surface area contributed by atoms with E-state index in [9.17, 15) is 13.2 Å². The topological polar surface area (TPSA) is 83.8 Å². The van der Waals surface area contributed by atoms with Crippen molar-refractivity contribution in [3.8, 4) is 5.69 Å². The highest BCUT2D eigenvalue weighted by atomic mass is 35.5. The molecule has 0 unspecified atom stereocenters. The summed E-state index contributed by atoms with van der Waals surface area (Å²) in [5.41, 5.74) is 6.66. The summed E-state index contributed by atoms with van der Waals surface area (Å²) in [5, 5.41) is 5.33. The van der Waals surface area contributed by atoms with Crippen LogP contribution >= 0.6 is 34.8 Å². The van der Waals surface area contributed by atoms with Crippen molar-refractivity contribution >= 4 is 62.6 Å². The lowest BCUT2D eigenvalue weighted by Crippen LogP contribution is -2.39. The highest BCUT2D eigenvalue weighted by Crippen LogP contribution is 2.31. The molecule has 0 aliphatic heterocycles. The van der Waals surface area contributed by atoms with Crippen molar-refractivity contribution in [1.82, 2.24) is 9.99 Å². The minimum absolute atomic E-state index is 0.0464. The number of hydrazone groups is 1. The van der Waals surface area contributed by atoms with E-state index in [1.54, 1.807) is 43.3 Å². The van der Waals surface area contributed by atoms with Crippen LogP contribution in [0.2, 0.25) is 15.1 Å². The molecular formula is C28H25Cl3N4O3S. The summed E-state index contributed by atoms with van der Waals surface area (Å²) in [6.07, 6.45) is 1.49. The molecule has 0 atom stereocenters. The van der Waals surface area contributed by atoms with E-state index in [0.717, 1.165) is 32.5 Å². The van der Waals surface area contributed by atoms with Crippen LogP contribution in [0.4, 0.5) is 5.69 Å². The van der Waals surface area contributed by atoms with Gasteiger partial charge in [0.1, 0.15) is 6.54 Å². The van der Waals surface area contributed by atoms with Gasteiger partial charge < -0.3 is 4.57 Å². The van der Waals surface area contributed by atoms with Crippen LogP contribution in [-0.4, -0.2) is 31.7 Å². The van der Waals surface area contributed by atoms with Crippen molar-refractivity contribution in [3.63, 3.8) is 0 Å². The van der Waals surface area contributed by atoms with Crippen LogP contribution in [0.1, 0.15) is 22.5 Å². The van der Waals surface area contributed by atoms with Gasteiger partial charge in [0.15, 0.2) is 0 Å². The number of halogens is 3. The van der Waals surface area contributed by atoms with Crippen molar-refractivity contribution in [1.29, 1.82) is 0 Å². The number of nitrogens with zero attached hydrogens (tertiary/aromatic N) is 3. The van der Waals surface area contributed by atoms with E-state index in [2.05, 4.69) is 10.5 Å². The number of rotatable bonds is 8. The van der Waals surface area contributed by atoms with Crippen molar-refractivity contribution in [2.24, 2.45) is 5.10 Å². The fourth-order valence-corrected chi connectivity index (χ4v) is 6.05. The van der Waals surface area contributed by atoms with E-state index in [0.29, 0.717) is 15.1 Å². The smallest absolute Gasteiger partial charge is 0.264 e. The highest BCUT2D eigenvalue weighted by Gasteiger charge is 2.27. The lowest BCUT2D eigenvalue weighted by molar-refractivity contribution is -0.119. The lowest BCUT2D eigenvalue weighted by Gasteiger charge is -2.24. The summed E-state index contributed by atoms with van der Waals surface area (Å²) in [4.78, 5) is 13.0. The average molecular weight is 604 g/mol. The number of benzene rings is 3. The van der Waals surface area contributed by atoms with E-state index in [1.165, 1.54) is 24.4 Å². The van der Waals surface area contributed by atoms with E-state index >= 15 is 0 Å². The van der Waals surface area contributed by atoms with Crippen molar-refractivity contribution < 1.29 is 13.2 Å². The third kappa shape index (κ3) is 6.15. The van der Waals surface area contributed by atoms with Crippen LogP contribution in [-0.2, 0) is 14.8 Å². The Morgan fingerprint density at radius 1 is 0.949 bits per heavy atom. The first-order valence-electron chi connectivity index (χ1n) is 11.8. The molecule has 1 heterocycles. The van der Waals surface area contributed by atoms with Gasteiger partial charge in [-0.05, 0) is 68.8 Å². The summed E-state index contributed by atoms with van der Waals surface area (Å²) in [6, 6.07) is 20.0. The number of hydrogen-bond acceptors (Lipinski definition) is 4. The Labute approximate surface area is 242 Å². The number of aromatic nitrogens is 1. The molecule has 11 heteroatoms. The molecule has 0 bridgehead atoms. The zero-order chi connectivity index (χ0) is 28.3. The van der Waals surface area contributed by atoms with Gasteiger partial charge in [-0.2, -0.15) is 5.10 Å². The first-order chi connectivity index (χ1) is 18.5.